The van der Waals surface area contributed by atoms with Gasteiger partial charge in [-0.05, 0) is 43.5 Å². The van der Waals surface area contributed by atoms with Gasteiger partial charge in [-0.1, -0.05) is 30.3 Å². The summed E-state index contributed by atoms with van der Waals surface area (Å²) in [5.74, 6) is 1.65. The molecule has 1 aromatic heterocycles. The molecule has 0 saturated carbocycles. The number of anilines is 2. The second kappa shape index (κ2) is 9.76. The molecule has 0 atom stereocenters. The molecule has 0 aliphatic rings. The number of ether oxygens (including phenoxy) is 2. The summed E-state index contributed by atoms with van der Waals surface area (Å²) in [7, 11) is 0. The summed E-state index contributed by atoms with van der Waals surface area (Å²) in [4.78, 5) is 18.3. The van der Waals surface area contributed by atoms with E-state index in [1.165, 1.54) is 11.3 Å². The SMILES string of the molecule is CSc1ccccc1Oc1cc(Oc2ccccc2)c(N)c(C(=O)Nc2nc(C)cs2)c1. The van der Waals surface area contributed by atoms with Crippen LogP contribution in [0.5, 0.6) is 23.0 Å². The number of carbonyl (C=O) groups excluding carboxylic acids is 1. The summed E-state index contributed by atoms with van der Waals surface area (Å²) in [6.07, 6.45) is 1.98. The topological polar surface area (TPSA) is 86.5 Å². The highest BCUT2D eigenvalue weighted by molar-refractivity contribution is 7.98. The molecule has 8 heteroatoms. The minimum Gasteiger partial charge on any atom is -0.456 e. The normalized spacial score (nSPS) is 10.6. The Balaban J connectivity index is 1.72. The third-order valence-electron chi connectivity index (χ3n) is 4.47. The number of hydrogen-bond donors (Lipinski definition) is 2. The number of nitrogens with zero attached hydrogens (tertiary/aromatic N) is 1. The summed E-state index contributed by atoms with van der Waals surface area (Å²) in [5.41, 5.74) is 7.63. The maximum absolute atomic E-state index is 13.0. The highest BCUT2D eigenvalue weighted by Crippen LogP contribution is 2.38. The van der Waals surface area contributed by atoms with Gasteiger partial charge in [0.05, 0.1) is 16.9 Å². The van der Waals surface area contributed by atoms with Crippen molar-refractivity contribution in [2.75, 3.05) is 17.3 Å². The van der Waals surface area contributed by atoms with Gasteiger partial charge in [-0.25, -0.2) is 4.98 Å². The van der Waals surface area contributed by atoms with Crippen molar-refractivity contribution in [3.63, 3.8) is 0 Å². The number of aryl methyl sites for hydroxylation is 1. The van der Waals surface area contributed by atoms with Crippen LogP contribution in [0.15, 0.2) is 77.0 Å². The molecule has 4 aromatic rings. The number of para-hydroxylation sites is 2. The molecule has 3 N–H and O–H groups in total. The van der Waals surface area contributed by atoms with Crippen LogP contribution in [0.4, 0.5) is 10.8 Å². The van der Waals surface area contributed by atoms with E-state index in [-0.39, 0.29) is 11.3 Å². The number of thiazole rings is 1. The largest absolute Gasteiger partial charge is 0.456 e. The molecular formula is C24H21N3O3S2. The number of aromatic nitrogens is 1. The lowest BCUT2D eigenvalue weighted by atomic mass is 10.1. The molecule has 0 unspecified atom stereocenters. The average Bonchev–Trinajstić information content (AvgIpc) is 3.21. The number of amides is 1. The van der Waals surface area contributed by atoms with Crippen LogP contribution in [0.3, 0.4) is 0 Å². The standard InChI is InChI=1S/C24H21N3O3S2/c1-15-14-32-24(26-15)27-23(28)18-12-17(30-19-10-6-7-11-21(19)31-2)13-20(22(18)25)29-16-8-4-3-5-9-16/h3-14H,25H2,1-2H3,(H,26,27,28). The van der Waals surface area contributed by atoms with E-state index >= 15 is 0 Å². The number of nitrogen functional groups attached to an aromatic ring is 1. The Labute approximate surface area is 194 Å². The predicted molar refractivity (Wildman–Crippen MR) is 130 cm³/mol. The quantitative estimate of drug-likeness (QED) is 0.237. The Bertz CT molecular complexity index is 1240. The van der Waals surface area contributed by atoms with E-state index in [9.17, 15) is 4.79 Å². The third-order valence-corrected chi connectivity index (χ3v) is 6.12. The molecule has 162 valence electrons. The van der Waals surface area contributed by atoms with Crippen LogP contribution < -0.4 is 20.5 Å². The van der Waals surface area contributed by atoms with Crippen molar-refractivity contribution in [3.05, 3.63) is 83.4 Å². The molecule has 0 spiro atoms. The molecule has 6 nitrogen and oxygen atoms in total. The Hall–Kier alpha value is -3.49. The second-order valence-corrected chi connectivity index (χ2v) is 8.51. The van der Waals surface area contributed by atoms with Crippen molar-refractivity contribution >= 4 is 39.8 Å². The smallest absolute Gasteiger partial charge is 0.259 e. The molecule has 32 heavy (non-hydrogen) atoms. The van der Waals surface area contributed by atoms with Crippen LogP contribution in [0.1, 0.15) is 16.1 Å². The third kappa shape index (κ3) is 5.04. The Morgan fingerprint density at radius 3 is 2.44 bits per heavy atom. The minimum absolute atomic E-state index is 0.213. The zero-order chi connectivity index (χ0) is 22.5. The number of hydrogen-bond acceptors (Lipinski definition) is 7. The Morgan fingerprint density at radius 2 is 1.72 bits per heavy atom. The number of thioether (sulfide) groups is 1. The number of nitrogens with two attached hydrogens (primary N) is 1. The van der Waals surface area contributed by atoms with Gasteiger partial charge in [-0.3, -0.25) is 10.1 Å². The van der Waals surface area contributed by atoms with Gasteiger partial charge in [0.25, 0.3) is 5.91 Å². The molecule has 4 rings (SSSR count). The van der Waals surface area contributed by atoms with Gasteiger partial charge in [0.2, 0.25) is 0 Å². The first-order valence-corrected chi connectivity index (χ1v) is 11.8. The first kappa shape index (κ1) is 21.7. The van der Waals surface area contributed by atoms with Crippen molar-refractivity contribution in [3.8, 4) is 23.0 Å². The van der Waals surface area contributed by atoms with Gasteiger partial charge in [-0.15, -0.1) is 23.1 Å². The summed E-state index contributed by atoms with van der Waals surface area (Å²) < 4.78 is 12.1. The van der Waals surface area contributed by atoms with Crippen LogP contribution in [0, 0.1) is 6.92 Å². The van der Waals surface area contributed by atoms with Gasteiger partial charge in [0.15, 0.2) is 10.9 Å². The van der Waals surface area contributed by atoms with Crippen molar-refractivity contribution in [2.24, 2.45) is 0 Å². The lowest BCUT2D eigenvalue weighted by molar-refractivity contribution is 0.102. The van der Waals surface area contributed by atoms with Crippen LogP contribution in [0.2, 0.25) is 0 Å². The summed E-state index contributed by atoms with van der Waals surface area (Å²) in [5, 5.41) is 5.16. The van der Waals surface area contributed by atoms with E-state index < -0.39 is 5.91 Å². The van der Waals surface area contributed by atoms with Gasteiger partial charge >= 0.3 is 0 Å². The molecule has 0 saturated heterocycles. The Kier molecular flexibility index (Phi) is 6.63. The molecule has 0 radical (unpaired) electrons. The van der Waals surface area contributed by atoms with Crippen molar-refractivity contribution < 1.29 is 14.3 Å². The molecule has 1 heterocycles. The Morgan fingerprint density at radius 1 is 1.00 bits per heavy atom. The molecule has 0 aliphatic carbocycles. The molecular weight excluding hydrogens is 442 g/mol. The second-order valence-electron chi connectivity index (χ2n) is 6.80. The summed E-state index contributed by atoms with van der Waals surface area (Å²) >= 11 is 2.92. The fraction of sp³-hybridized carbons (Fsp3) is 0.0833. The molecule has 0 fully saturated rings. The fourth-order valence-electron chi connectivity index (χ4n) is 2.95. The lowest BCUT2D eigenvalue weighted by Gasteiger charge is -2.16. The van der Waals surface area contributed by atoms with Crippen LogP contribution in [0.25, 0.3) is 0 Å². The summed E-state index contributed by atoms with van der Waals surface area (Å²) in [6.45, 7) is 1.87. The van der Waals surface area contributed by atoms with Crippen molar-refractivity contribution in [1.29, 1.82) is 0 Å². The van der Waals surface area contributed by atoms with Gasteiger partial charge < -0.3 is 15.2 Å². The number of nitrogens with one attached hydrogen (secondary N) is 1. The first-order valence-electron chi connectivity index (χ1n) is 9.74. The van der Waals surface area contributed by atoms with Gasteiger partial charge in [-0.2, -0.15) is 0 Å². The zero-order valence-corrected chi connectivity index (χ0v) is 19.1. The predicted octanol–water partition coefficient (Wildman–Crippen LogP) is 6.59. The van der Waals surface area contributed by atoms with Crippen molar-refractivity contribution in [2.45, 2.75) is 11.8 Å². The van der Waals surface area contributed by atoms with E-state index in [1.807, 2.05) is 73.2 Å². The van der Waals surface area contributed by atoms with E-state index in [2.05, 4.69) is 10.3 Å². The lowest BCUT2D eigenvalue weighted by Crippen LogP contribution is -2.14. The van der Waals surface area contributed by atoms with Gasteiger partial charge in [0.1, 0.15) is 17.2 Å². The fourth-order valence-corrected chi connectivity index (χ4v) is 4.16. The maximum atomic E-state index is 13.0. The molecule has 0 bridgehead atoms. The molecule has 0 aliphatic heterocycles. The van der Waals surface area contributed by atoms with Crippen LogP contribution in [-0.2, 0) is 0 Å². The highest BCUT2D eigenvalue weighted by Gasteiger charge is 2.19. The van der Waals surface area contributed by atoms with E-state index in [1.54, 1.807) is 23.9 Å². The highest BCUT2D eigenvalue weighted by atomic mass is 32.2. The molecule has 1 amide bonds. The number of carbonyl (C=O) groups is 1. The monoisotopic (exact) mass is 463 g/mol. The van der Waals surface area contributed by atoms with E-state index in [0.29, 0.717) is 28.1 Å². The van der Waals surface area contributed by atoms with Crippen LogP contribution >= 0.6 is 23.1 Å². The molecule has 3 aromatic carbocycles. The number of benzene rings is 3. The van der Waals surface area contributed by atoms with Crippen LogP contribution in [-0.4, -0.2) is 17.1 Å². The first-order chi connectivity index (χ1) is 15.5. The number of rotatable bonds is 7. The van der Waals surface area contributed by atoms with Crippen molar-refractivity contribution in [1.82, 2.24) is 4.98 Å². The zero-order valence-electron chi connectivity index (χ0n) is 17.5. The maximum Gasteiger partial charge on any atom is 0.259 e. The average molecular weight is 464 g/mol. The van der Waals surface area contributed by atoms with Gasteiger partial charge in [0, 0.05) is 16.3 Å². The van der Waals surface area contributed by atoms with E-state index in [4.69, 9.17) is 15.2 Å². The summed E-state index contributed by atoms with van der Waals surface area (Å²) in [6, 6.07) is 20.2. The minimum atomic E-state index is -0.390. The van der Waals surface area contributed by atoms with E-state index in [0.717, 1.165) is 10.6 Å².